The van der Waals surface area contributed by atoms with Gasteiger partial charge < -0.3 is 9.32 Å². The quantitative estimate of drug-likeness (QED) is 0.394. The normalized spacial score (nSPS) is 11.9. The Labute approximate surface area is 174 Å². The minimum Gasteiger partial charge on any atom is -0.431 e. The van der Waals surface area contributed by atoms with Gasteiger partial charge in [0.2, 0.25) is 5.88 Å². The van der Waals surface area contributed by atoms with E-state index in [1.54, 1.807) is 0 Å². The van der Waals surface area contributed by atoms with Crippen LogP contribution in [0.4, 0.5) is 5.88 Å². The van der Waals surface area contributed by atoms with Crippen LogP contribution in [0.5, 0.6) is 0 Å². The molecule has 1 unspecified atom stereocenters. The van der Waals surface area contributed by atoms with E-state index in [0.29, 0.717) is 11.6 Å². The van der Waals surface area contributed by atoms with Crippen molar-refractivity contribution in [2.45, 2.75) is 23.5 Å². The third kappa shape index (κ3) is 4.33. The third-order valence-corrected chi connectivity index (χ3v) is 6.07. The lowest BCUT2D eigenvalue weighted by molar-refractivity contribution is 0.462. The van der Waals surface area contributed by atoms with Crippen LogP contribution in [0.3, 0.4) is 0 Å². The Morgan fingerprint density at radius 1 is 0.862 bits per heavy atom. The van der Waals surface area contributed by atoms with E-state index in [2.05, 4.69) is 17.0 Å². The van der Waals surface area contributed by atoms with E-state index in [0.717, 1.165) is 27.5 Å². The molecule has 1 aromatic heterocycles. The summed E-state index contributed by atoms with van der Waals surface area (Å²) in [6.07, 6.45) is 0. The summed E-state index contributed by atoms with van der Waals surface area (Å²) < 4.78 is 19.3. The molecular weight excluding hydrogens is 378 g/mol. The molecule has 0 saturated heterocycles. The zero-order valence-corrected chi connectivity index (χ0v) is 17.4. The Morgan fingerprint density at radius 2 is 1.48 bits per heavy atom. The van der Waals surface area contributed by atoms with Gasteiger partial charge in [-0.2, -0.15) is 0 Å². The molecule has 0 aliphatic carbocycles. The van der Waals surface area contributed by atoms with E-state index < -0.39 is 10.8 Å². The number of nitrogens with zero attached hydrogens (tertiary/aromatic N) is 1. The van der Waals surface area contributed by atoms with E-state index >= 15 is 0 Å². The highest BCUT2D eigenvalue weighted by atomic mass is 32.2. The second-order valence-corrected chi connectivity index (χ2v) is 8.48. The van der Waals surface area contributed by atoms with Crippen LogP contribution in [-0.2, 0) is 17.3 Å². The van der Waals surface area contributed by atoms with Crippen LogP contribution in [0.25, 0.3) is 11.1 Å². The van der Waals surface area contributed by atoms with Gasteiger partial charge in [-0.3, -0.25) is 0 Å². The van der Waals surface area contributed by atoms with Crippen molar-refractivity contribution < 1.29 is 8.63 Å². The molecule has 3 nitrogen and oxygen atoms in total. The number of anilines is 1. The topological polar surface area (TPSA) is 33.5 Å². The number of aryl methyl sites for hydroxylation is 1. The van der Waals surface area contributed by atoms with E-state index in [-0.39, 0.29) is 0 Å². The van der Waals surface area contributed by atoms with Gasteiger partial charge in [0, 0.05) is 30.1 Å². The molecule has 0 aliphatic rings. The standard InChI is InChI=1S/C25H23NO2S/c1-19-13-15-22(16-14-19)29(27)24-17-23(21-11-7-4-8-12-21)25(28-24)26(2)18-20-9-5-3-6-10-20/h3-17H,18H2,1-2H3. The second-order valence-electron chi connectivity index (χ2n) is 7.07. The smallest absolute Gasteiger partial charge is 0.205 e. The van der Waals surface area contributed by atoms with Gasteiger partial charge >= 0.3 is 0 Å². The van der Waals surface area contributed by atoms with E-state index in [4.69, 9.17) is 4.42 Å². The minimum absolute atomic E-state index is 0.461. The summed E-state index contributed by atoms with van der Waals surface area (Å²) in [6.45, 7) is 2.72. The largest absolute Gasteiger partial charge is 0.431 e. The molecule has 0 radical (unpaired) electrons. The molecule has 146 valence electrons. The summed E-state index contributed by atoms with van der Waals surface area (Å²) in [5.74, 6) is 0.718. The van der Waals surface area contributed by atoms with Crippen molar-refractivity contribution in [2.75, 3.05) is 11.9 Å². The van der Waals surface area contributed by atoms with Crippen molar-refractivity contribution in [1.29, 1.82) is 0 Å². The summed E-state index contributed by atoms with van der Waals surface area (Å²) in [5, 5.41) is 0.461. The van der Waals surface area contributed by atoms with Crippen LogP contribution >= 0.6 is 0 Å². The molecule has 0 aliphatic heterocycles. The average Bonchev–Trinajstić information content (AvgIpc) is 3.21. The highest BCUT2D eigenvalue weighted by Crippen LogP contribution is 2.36. The van der Waals surface area contributed by atoms with Crippen LogP contribution in [0.15, 0.2) is 105 Å². The predicted octanol–water partition coefficient (Wildman–Crippen LogP) is 6.06. The molecule has 0 saturated carbocycles. The van der Waals surface area contributed by atoms with Crippen LogP contribution in [0.2, 0.25) is 0 Å². The molecule has 4 aromatic rings. The maximum atomic E-state index is 13.1. The van der Waals surface area contributed by atoms with Crippen LogP contribution in [0, 0.1) is 6.92 Å². The lowest BCUT2D eigenvalue weighted by Gasteiger charge is -2.18. The van der Waals surface area contributed by atoms with Crippen LogP contribution in [-0.4, -0.2) is 11.3 Å². The third-order valence-electron chi connectivity index (χ3n) is 4.80. The number of benzene rings is 3. The van der Waals surface area contributed by atoms with Crippen LogP contribution in [0.1, 0.15) is 11.1 Å². The van der Waals surface area contributed by atoms with Gasteiger partial charge in [0.25, 0.3) is 0 Å². The van der Waals surface area contributed by atoms with Gasteiger partial charge in [-0.1, -0.05) is 78.4 Å². The zero-order chi connectivity index (χ0) is 20.2. The maximum absolute atomic E-state index is 13.1. The second kappa shape index (κ2) is 8.50. The summed E-state index contributed by atoms with van der Waals surface area (Å²) in [4.78, 5) is 2.80. The van der Waals surface area contributed by atoms with Gasteiger partial charge in [0.1, 0.15) is 10.8 Å². The first-order valence-electron chi connectivity index (χ1n) is 9.54. The molecule has 0 bridgehead atoms. The highest BCUT2D eigenvalue weighted by molar-refractivity contribution is 7.85. The van der Waals surface area contributed by atoms with Gasteiger partial charge in [-0.25, -0.2) is 4.21 Å². The number of hydrogen-bond donors (Lipinski definition) is 0. The number of hydrogen-bond acceptors (Lipinski definition) is 3. The highest BCUT2D eigenvalue weighted by Gasteiger charge is 2.21. The van der Waals surface area contributed by atoms with Gasteiger partial charge in [0.05, 0.1) is 0 Å². The first-order chi connectivity index (χ1) is 14.1. The van der Waals surface area contributed by atoms with Crippen molar-refractivity contribution >= 4 is 16.7 Å². The first kappa shape index (κ1) is 19.2. The molecule has 0 amide bonds. The Kier molecular flexibility index (Phi) is 5.63. The predicted molar refractivity (Wildman–Crippen MR) is 119 cm³/mol. The van der Waals surface area contributed by atoms with Crippen molar-refractivity contribution in [3.8, 4) is 11.1 Å². The van der Waals surface area contributed by atoms with Crippen molar-refractivity contribution in [2.24, 2.45) is 0 Å². The lowest BCUT2D eigenvalue weighted by atomic mass is 10.1. The molecule has 4 heteroatoms. The first-order valence-corrected chi connectivity index (χ1v) is 10.7. The minimum atomic E-state index is -1.37. The Morgan fingerprint density at radius 3 is 2.14 bits per heavy atom. The molecule has 4 rings (SSSR count). The average molecular weight is 402 g/mol. The monoisotopic (exact) mass is 401 g/mol. The fraction of sp³-hybridized carbons (Fsp3) is 0.120. The fourth-order valence-electron chi connectivity index (χ4n) is 3.27. The molecule has 1 atom stereocenters. The van der Waals surface area contributed by atoms with E-state index in [1.807, 2.05) is 92.8 Å². The fourth-order valence-corrected chi connectivity index (χ4v) is 4.26. The molecule has 1 heterocycles. The van der Waals surface area contributed by atoms with E-state index in [9.17, 15) is 4.21 Å². The van der Waals surface area contributed by atoms with Gasteiger partial charge in [-0.15, -0.1) is 0 Å². The molecule has 29 heavy (non-hydrogen) atoms. The van der Waals surface area contributed by atoms with Crippen molar-refractivity contribution in [3.63, 3.8) is 0 Å². The summed E-state index contributed by atoms with van der Waals surface area (Å²) in [6, 6.07) is 30.0. The maximum Gasteiger partial charge on any atom is 0.205 e. The molecule has 0 spiro atoms. The Balaban J connectivity index is 1.72. The van der Waals surface area contributed by atoms with Crippen molar-refractivity contribution in [3.05, 3.63) is 102 Å². The van der Waals surface area contributed by atoms with Gasteiger partial charge in [-0.05, 0) is 30.2 Å². The molecular formula is C25H23NO2S. The molecule has 0 fully saturated rings. The Bertz CT molecular complexity index is 1100. The lowest BCUT2D eigenvalue weighted by Crippen LogP contribution is -2.16. The number of furan rings is 1. The van der Waals surface area contributed by atoms with E-state index in [1.165, 1.54) is 5.56 Å². The summed E-state index contributed by atoms with van der Waals surface area (Å²) in [7, 11) is 0.622. The van der Waals surface area contributed by atoms with Crippen molar-refractivity contribution in [1.82, 2.24) is 0 Å². The zero-order valence-electron chi connectivity index (χ0n) is 16.5. The molecule has 0 N–H and O–H groups in total. The van der Waals surface area contributed by atoms with Gasteiger partial charge in [0.15, 0.2) is 5.09 Å². The SMILES string of the molecule is Cc1ccc(S(=O)c2cc(-c3ccccc3)c(N(C)Cc3ccccc3)o2)cc1. The number of rotatable bonds is 6. The van der Waals surface area contributed by atoms with Crippen LogP contribution < -0.4 is 4.90 Å². The summed E-state index contributed by atoms with van der Waals surface area (Å²) >= 11 is 0. The molecule has 3 aromatic carbocycles. The Hall–Kier alpha value is -3.11. The summed E-state index contributed by atoms with van der Waals surface area (Å²) in [5.41, 5.74) is 4.31.